The van der Waals surface area contributed by atoms with Crippen LogP contribution in [-0.2, 0) is 5.41 Å². The Balaban J connectivity index is 2.11. The van der Waals surface area contributed by atoms with Crippen LogP contribution in [0.3, 0.4) is 0 Å². The van der Waals surface area contributed by atoms with Crippen LogP contribution in [0.25, 0.3) is 0 Å². The molecular formula is C14H21NOS. The topological polar surface area (TPSA) is 20.3 Å². The molecule has 0 unspecified atom stereocenters. The number of thiophene rings is 1. The molecule has 1 aliphatic heterocycles. The second kappa shape index (κ2) is 4.81. The molecule has 0 bridgehead atoms. The van der Waals surface area contributed by atoms with E-state index in [1.54, 1.807) is 11.3 Å². The van der Waals surface area contributed by atoms with Gasteiger partial charge in [-0.2, -0.15) is 0 Å². The molecule has 1 aromatic heterocycles. The number of carbonyl (C=O) groups excluding carboxylic acids is 1. The maximum absolute atomic E-state index is 12.3. The summed E-state index contributed by atoms with van der Waals surface area (Å²) in [6, 6.07) is 2.07. The highest BCUT2D eigenvalue weighted by Crippen LogP contribution is 2.29. The average molecular weight is 251 g/mol. The van der Waals surface area contributed by atoms with E-state index in [4.69, 9.17) is 0 Å². The summed E-state index contributed by atoms with van der Waals surface area (Å²) < 4.78 is 0. The Bertz CT molecular complexity index is 397. The van der Waals surface area contributed by atoms with Crippen molar-refractivity contribution in [2.24, 2.45) is 0 Å². The fraction of sp³-hybridized carbons (Fsp3) is 0.643. The van der Waals surface area contributed by atoms with Gasteiger partial charge in [-0.1, -0.05) is 20.8 Å². The van der Waals surface area contributed by atoms with Gasteiger partial charge in [-0.25, -0.2) is 0 Å². The molecule has 0 saturated carbocycles. The molecule has 1 amide bonds. The maximum Gasteiger partial charge on any atom is 0.254 e. The molecule has 0 spiro atoms. The summed E-state index contributed by atoms with van der Waals surface area (Å²) in [5.41, 5.74) is 1.02. The number of piperidine rings is 1. The first-order valence-electron chi connectivity index (χ1n) is 6.37. The van der Waals surface area contributed by atoms with E-state index >= 15 is 0 Å². The van der Waals surface area contributed by atoms with E-state index in [0.717, 1.165) is 31.5 Å². The third-order valence-corrected chi connectivity index (χ3v) is 4.58. The molecule has 1 fully saturated rings. The third kappa shape index (κ3) is 2.89. The molecule has 0 aromatic carbocycles. The van der Waals surface area contributed by atoms with Gasteiger partial charge in [-0.3, -0.25) is 4.79 Å². The zero-order chi connectivity index (χ0) is 12.5. The molecule has 2 rings (SSSR count). The van der Waals surface area contributed by atoms with E-state index in [2.05, 4.69) is 26.8 Å². The summed E-state index contributed by atoms with van der Waals surface area (Å²) in [4.78, 5) is 15.6. The fourth-order valence-corrected chi connectivity index (χ4v) is 3.09. The van der Waals surface area contributed by atoms with Crippen molar-refractivity contribution >= 4 is 17.2 Å². The van der Waals surface area contributed by atoms with Gasteiger partial charge < -0.3 is 4.90 Å². The number of hydrogen-bond donors (Lipinski definition) is 0. The highest BCUT2D eigenvalue weighted by atomic mass is 32.1. The van der Waals surface area contributed by atoms with Gasteiger partial charge in [0.1, 0.15) is 0 Å². The molecule has 1 aromatic rings. The van der Waals surface area contributed by atoms with Gasteiger partial charge in [-0.05, 0) is 30.7 Å². The molecule has 0 N–H and O–H groups in total. The van der Waals surface area contributed by atoms with Crippen LogP contribution in [0.4, 0.5) is 0 Å². The van der Waals surface area contributed by atoms with Gasteiger partial charge in [0.2, 0.25) is 0 Å². The van der Waals surface area contributed by atoms with Crippen LogP contribution in [0.2, 0.25) is 0 Å². The lowest BCUT2D eigenvalue weighted by Crippen LogP contribution is -2.35. The summed E-state index contributed by atoms with van der Waals surface area (Å²) in [5.74, 6) is 0.219. The Hall–Kier alpha value is -0.830. The van der Waals surface area contributed by atoms with Gasteiger partial charge in [0.25, 0.3) is 5.91 Å². The van der Waals surface area contributed by atoms with E-state index in [9.17, 15) is 4.79 Å². The van der Waals surface area contributed by atoms with Gasteiger partial charge in [0.05, 0.1) is 5.56 Å². The zero-order valence-electron chi connectivity index (χ0n) is 11.0. The Labute approximate surface area is 108 Å². The normalized spacial score (nSPS) is 17.2. The number of likely N-dealkylation sites (tertiary alicyclic amines) is 1. The second-order valence-corrected chi connectivity index (χ2v) is 6.71. The predicted octanol–water partition coefficient (Wildman–Crippen LogP) is 3.67. The van der Waals surface area contributed by atoms with Crippen molar-refractivity contribution in [1.29, 1.82) is 0 Å². The summed E-state index contributed by atoms with van der Waals surface area (Å²) in [5, 5.41) is 2.01. The second-order valence-electron chi connectivity index (χ2n) is 5.80. The molecule has 1 aliphatic rings. The Kier molecular flexibility index (Phi) is 3.57. The zero-order valence-corrected chi connectivity index (χ0v) is 11.8. The average Bonchev–Trinajstić information content (AvgIpc) is 2.78. The smallest absolute Gasteiger partial charge is 0.254 e. The van der Waals surface area contributed by atoms with Gasteiger partial charge in [0, 0.05) is 23.3 Å². The molecule has 17 heavy (non-hydrogen) atoms. The molecular weight excluding hydrogens is 230 g/mol. The van der Waals surface area contributed by atoms with Crippen molar-refractivity contribution in [3.63, 3.8) is 0 Å². The maximum atomic E-state index is 12.3. The summed E-state index contributed by atoms with van der Waals surface area (Å²) in [6.45, 7) is 8.43. The molecule has 3 heteroatoms. The lowest BCUT2D eigenvalue weighted by atomic mass is 9.94. The van der Waals surface area contributed by atoms with Crippen LogP contribution in [0.15, 0.2) is 11.4 Å². The minimum absolute atomic E-state index is 0.144. The van der Waals surface area contributed by atoms with Crippen LogP contribution in [0.1, 0.15) is 55.3 Å². The first-order chi connectivity index (χ1) is 7.98. The minimum atomic E-state index is 0.144. The summed E-state index contributed by atoms with van der Waals surface area (Å²) >= 11 is 1.70. The number of rotatable bonds is 1. The van der Waals surface area contributed by atoms with E-state index in [1.807, 2.05) is 10.3 Å². The molecule has 1 saturated heterocycles. The molecule has 0 atom stereocenters. The van der Waals surface area contributed by atoms with Gasteiger partial charge in [0.15, 0.2) is 0 Å². The van der Waals surface area contributed by atoms with E-state index in [1.165, 1.54) is 11.3 Å². The third-order valence-electron chi connectivity index (χ3n) is 3.23. The van der Waals surface area contributed by atoms with Crippen molar-refractivity contribution in [2.45, 2.75) is 45.4 Å². The molecule has 2 nitrogen and oxygen atoms in total. The lowest BCUT2D eigenvalue weighted by Gasteiger charge is -2.26. The molecule has 0 aliphatic carbocycles. The number of nitrogens with zero attached hydrogens (tertiary/aromatic N) is 1. The van der Waals surface area contributed by atoms with Crippen molar-refractivity contribution < 1.29 is 4.79 Å². The van der Waals surface area contributed by atoms with Crippen molar-refractivity contribution in [2.75, 3.05) is 13.1 Å². The Morgan fingerprint density at radius 1 is 1.24 bits per heavy atom. The van der Waals surface area contributed by atoms with Crippen LogP contribution in [0.5, 0.6) is 0 Å². The van der Waals surface area contributed by atoms with Crippen LogP contribution < -0.4 is 0 Å². The minimum Gasteiger partial charge on any atom is -0.339 e. The highest BCUT2D eigenvalue weighted by molar-refractivity contribution is 7.10. The van der Waals surface area contributed by atoms with Crippen molar-refractivity contribution in [3.8, 4) is 0 Å². The van der Waals surface area contributed by atoms with E-state index in [0.29, 0.717) is 0 Å². The number of hydrogen-bond acceptors (Lipinski definition) is 2. The van der Waals surface area contributed by atoms with Gasteiger partial charge in [-0.15, -0.1) is 11.3 Å². The van der Waals surface area contributed by atoms with Crippen LogP contribution >= 0.6 is 11.3 Å². The van der Waals surface area contributed by atoms with Gasteiger partial charge >= 0.3 is 0 Å². The molecule has 94 valence electrons. The van der Waals surface area contributed by atoms with Crippen molar-refractivity contribution in [3.05, 3.63) is 21.9 Å². The standard InChI is InChI=1S/C14H21NOS/c1-14(2,3)12-9-11(10-17-12)13(16)15-7-5-4-6-8-15/h9-10H,4-8H2,1-3H3. The Morgan fingerprint density at radius 3 is 2.41 bits per heavy atom. The predicted molar refractivity (Wildman–Crippen MR) is 72.8 cm³/mol. The Morgan fingerprint density at radius 2 is 1.88 bits per heavy atom. The first kappa shape index (κ1) is 12.6. The SMILES string of the molecule is CC(C)(C)c1cc(C(=O)N2CCCCC2)cs1. The summed E-state index contributed by atoms with van der Waals surface area (Å²) in [7, 11) is 0. The van der Waals surface area contributed by atoms with Crippen LogP contribution in [-0.4, -0.2) is 23.9 Å². The molecule has 0 radical (unpaired) electrons. The van der Waals surface area contributed by atoms with E-state index in [-0.39, 0.29) is 11.3 Å². The van der Waals surface area contributed by atoms with Crippen LogP contribution in [0, 0.1) is 0 Å². The van der Waals surface area contributed by atoms with E-state index < -0.39 is 0 Å². The molecule has 2 heterocycles. The first-order valence-corrected chi connectivity index (χ1v) is 7.25. The highest BCUT2D eigenvalue weighted by Gasteiger charge is 2.22. The quantitative estimate of drug-likeness (QED) is 0.745. The largest absolute Gasteiger partial charge is 0.339 e. The number of amides is 1. The van der Waals surface area contributed by atoms with Crippen molar-refractivity contribution in [1.82, 2.24) is 4.90 Å². The lowest BCUT2D eigenvalue weighted by molar-refractivity contribution is 0.0725. The summed E-state index contributed by atoms with van der Waals surface area (Å²) in [6.07, 6.45) is 3.57. The number of carbonyl (C=O) groups is 1. The fourth-order valence-electron chi connectivity index (χ4n) is 2.12. The monoisotopic (exact) mass is 251 g/mol.